The van der Waals surface area contributed by atoms with Gasteiger partial charge >= 0.3 is 0 Å². The molecule has 0 radical (unpaired) electrons. The van der Waals surface area contributed by atoms with Crippen LogP contribution in [0.1, 0.15) is 11.5 Å². The van der Waals surface area contributed by atoms with Gasteiger partial charge < -0.3 is 9.04 Å². The van der Waals surface area contributed by atoms with Crippen LogP contribution in [0.3, 0.4) is 0 Å². The molecule has 3 nitrogen and oxygen atoms in total. The van der Waals surface area contributed by atoms with Crippen molar-refractivity contribution in [3.05, 3.63) is 29.8 Å². The van der Waals surface area contributed by atoms with Crippen molar-refractivity contribution in [3.8, 4) is 0 Å². The second kappa shape index (κ2) is 5.74. The number of thiol groups is 1. The predicted octanol–water partition coefficient (Wildman–Crippen LogP) is 2.42. The first kappa shape index (κ1) is 12.7. The van der Waals surface area contributed by atoms with Gasteiger partial charge in [-0.2, -0.15) is 0 Å². The monoisotopic (exact) mass is 282 g/mol. The molecule has 1 fully saturated rings. The van der Waals surface area contributed by atoms with Crippen LogP contribution in [0.2, 0.25) is 0 Å². The lowest BCUT2D eigenvalue weighted by molar-refractivity contribution is 0.0357. The number of hydrogen-bond donors (Lipinski definition) is 1. The van der Waals surface area contributed by atoms with Crippen LogP contribution in [0.25, 0.3) is 0 Å². The fourth-order valence-corrected chi connectivity index (χ4v) is 3.75. The van der Waals surface area contributed by atoms with Gasteiger partial charge in [-0.25, -0.2) is 0 Å². The summed E-state index contributed by atoms with van der Waals surface area (Å²) in [6, 6.07) is 8.69. The molecule has 0 aromatic heterocycles. The van der Waals surface area contributed by atoms with Crippen molar-refractivity contribution in [1.29, 1.82) is 0 Å². The van der Waals surface area contributed by atoms with Crippen LogP contribution in [0, 0.1) is 0 Å². The molecule has 0 aliphatic carbocycles. The molecule has 0 bridgehead atoms. The van der Waals surface area contributed by atoms with E-state index < -0.39 is 0 Å². The largest absolute Gasteiger partial charge is 0.379 e. The molecule has 0 N–H and O–H groups in total. The highest BCUT2D eigenvalue weighted by Crippen LogP contribution is 2.41. The van der Waals surface area contributed by atoms with Gasteiger partial charge in [-0.3, -0.25) is 4.90 Å². The van der Waals surface area contributed by atoms with Gasteiger partial charge in [0.1, 0.15) is 0 Å². The highest BCUT2D eigenvalue weighted by atomic mass is 33.1. The summed E-state index contributed by atoms with van der Waals surface area (Å²) in [5.74, 6) is 0.596. The van der Waals surface area contributed by atoms with E-state index in [4.69, 9.17) is 4.74 Å². The highest BCUT2D eigenvalue weighted by molar-refractivity contribution is 8.69. The van der Waals surface area contributed by atoms with E-state index in [1.165, 1.54) is 22.2 Å². The van der Waals surface area contributed by atoms with Gasteiger partial charge in [0.25, 0.3) is 0 Å². The standard InChI is InChI=1S/C13H18N2OS2/c17-18-15-10-11(9-14-5-7-16-8-6-14)12-3-1-2-4-13(12)15/h1-4,11,17H,5-10H2. The highest BCUT2D eigenvalue weighted by Gasteiger charge is 2.29. The van der Waals surface area contributed by atoms with Gasteiger partial charge in [-0.1, -0.05) is 29.9 Å². The summed E-state index contributed by atoms with van der Waals surface area (Å²) < 4.78 is 7.69. The number of anilines is 1. The third kappa shape index (κ3) is 2.50. The fraction of sp³-hybridized carbons (Fsp3) is 0.538. The third-order valence-corrected chi connectivity index (χ3v) is 4.85. The number of fused-ring (bicyclic) bond motifs is 1. The molecule has 1 aromatic carbocycles. The van der Waals surface area contributed by atoms with Crippen molar-refractivity contribution < 1.29 is 4.74 Å². The molecule has 5 heteroatoms. The van der Waals surface area contributed by atoms with Crippen molar-refractivity contribution in [1.82, 2.24) is 4.90 Å². The maximum Gasteiger partial charge on any atom is 0.0594 e. The number of morpholine rings is 1. The average Bonchev–Trinajstić information content (AvgIpc) is 2.78. The number of para-hydroxylation sites is 1. The van der Waals surface area contributed by atoms with Crippen LogP contribution in [0.4, 0.5) is 5.69 Å². The lowest BCUT2D eigenvalue weighted by Crippen LogP contribution is -2.39. The van der Waals surface area contributed by atoms with E-state index in [1.807, 2.05) is 0 Å². The molecule has 0 saturated carbocycles. The zero-order chi connectivity index (χ0) is 12.4. The van der Waals surface area contributed by atoms with E-state index in [0.717, 1.165) is 39.4 Å². The van der Waals surface area contributed by atoms with E-state index in [-0.39, 0.29) is 0 Å². The molecule has 1 unspecified atom stereocenters. The summed E-state index contributed by atoms with van der Waals surface area (Å²) in [6.45, 7) is 6.06. The Kier molecular flexibility index (Phi) is 4.03. The number of benzene rings is 1. The van der Waals surface area contributed by atoms with Crippen molar-refractivity contribution in [2.75, 3.05) is 43.7 Å². The number of rotatable bonds is 3. The van der Waals surface area contributed by atoms with E-state index in [2.05, 4.69) is 45.1 Å². The van der Waals surface area contributed by atoms with Crippen molar-refractivity contribution in [2.24, 2.45) is 0 Å². The van der Waals surface area contributed by atoms with Crippen molar-refractivity contribution in [3.63, 3.8) is 0 Å². The van der Waals surface area contributed by atoms with Crippen LogP contribution < -0.4 is 4.31 Å². The normalized spacial score (nSPS) is 24.3. The second-order valence-electron chi connectivity index (χ2n) is 4.81. The Bertz CT molecular complexity index is 410. The molecule has 98 valence electrons. The summed E-state index contributed by atoms with van der Waals surface area (Å²) >= 11 is 4.36. The molecule has 2 aliphatic rings. The van der Waals surface area contributed by atoms with Crippen LogP contribution >= 0.6 is 22.6 Å². The smallest absolute Gasteiger partial charge is 0.0594 e. The van der Waals surface area contributed by atoms with E-state index in [9.17, 15) is 0 Å². The summed E-state index contributed by atoms with van der Waals surface area (Å²) in [5.41, 5.74) is 2.79. The molecule has 1 saturated heterocycles. The molecular weight excluding hydrogens is 264 g/mol. The molecule has 2 aliphatic heterocycles. The number of ether oxygens (including phenoxy) is 1. The van der Waals surface area contributed by atoms with Gasteiger partial charge in [-0.05, 0) is 11.6 Å². The minimum absolute atomic E-state index is 0.596. The Morgan fingerprint density at radius 1 is 1.28 bits per heavy atom. The molecule has 2 heterocycles. The Balaban J connectivity index is 1.73. The number of nitrogens with zero attached hydrogens (tertiary/aromatic N) is 2. The number of hydrogen-bond acceptors (Lipinski definition) is 5. The maximum absolute atomic E-state index is 5.41. The fourth-order valence-electron chi connectivity index (χ4n) is 2.79. The Labute approximate surface area is 117 Å². The second-order valence-corrected chi connectivity index (χ2v) is 5.91. The first-order valence-corrected chi connectivity index (χ1v) is 8.19. The molecular formula is C13H18N2OS2. The van der Waals surface area contributed by atoms with Gasteiger partial charge in [0.15, 0.2) is 0 Å². The molecule has 0 amide bonds. The van der Waals surface area contributed by atoms with E-state index >= 15 is 0 Å². The summed E-state index contributed by atoms with van der Waals surface area (Å²) in [4.78, 5) is 2.51. The van der Waals surface area contributed by atoms with Crippen LogP contribution in [0.15, 0.2) is 24.3 Å². The van der Waals surface area contributed by atoms with Gasteiger partial charge in [0, 0.05) is 43.1 Å². The first-order chi connectivity index (χ1) is 8.88. The topological polar surface area (TPSA) is 15.7 Å². The quantitative estimate of drug-likeness (QED) is 0.520. The Morgan fingerprint density at radius 2 is 2.06 bits per heavy atom. The lowest BCUT2D eigenvalue weighted by atomic mass is 10.0. The lowest BCUT2D eigenvalue weighted by Gasteiger charge is -2.29. The SMILES string of the molecule is SSN1CC(CN2CCOCC2)c2ccccc21. The van der Waals surface area contributed by atoms with Crippen LogP contribution in [-0.2, 0) is 4.74 Å². The first-order valence-electron chi connectivity index (χ1n) is 6.36. The minimum atomic E-state index is 0.596. The van der Waals surface area contributed by atoms with Crippen LogP contribution in [-0.4, -0.2) is 44.3 Å². The van der Waals surface area contributed by atoms with Crippen LogP contribution in [0.5, 0.6) is 0 Å². The average molecular weight is 282 g/mol. The van der Waals surface area contributed by atoms with Gasteiger partial charge in [-0.15, -0.1) is 0 Å². The minimum Gasteiger partial charge on any atom is -0.379 e. The Morgan fingerprint density at radius 3 is 2.83 bits per heavy atom. The van der Waals surface area contributed by atoms with E-state index in [0.29, 0.717) is 5.92 Å². The summed E-state index contributed by atoms with van der Waals surface area (Å²) in [5, 5.41) is 0. The predicted molar refractivity (Wildman–Crippen MR) is 80.4 cm³/mol. The summed E-state index contributed by atoms with van der Waals surface area (Å²) in [7, 11) is 1.53. The molecule has 1 aromatic rings. The molecule has 0 spiro atoms. The van der Waals surface area contributed by atoms with Crippen molar-refractivity contribution >= 4 is 28.3 Å². The molecule has 3 rings (SSSR count). The van der Waals surface area contributed by atoms with Gasteiger partial charge in [0.05, 0.1) is 18.9 Å². The maximum atomic E-state index is 5.41. The van der Waals surface area contributed by atoms with E-state index in [1.54, 1.807) is 0 Å². The zero-order valence-corrected chi connectivity index (χ0v) is 12.0. The molecule has 1 atom stereocenters. The van der Waals surface area contributed by atoms with Gasteiger partial charge in [0.2, 0.25) is 0 Å². The molecule has 18 heavy (non-hydrogen) atoms. The summed E-state index contributed by atoms with van der Waals surface area (Å²) in [6.07, 6.45) is 0. The Hall–Kier alpha value is -0.360. The zero-order valence-electron chi connectivity index (χ0n) is 10.3. The van der Waals surface area contributed by atoms with Crippen molar-refractivity contribution in [2.45, 2.75) is 5.92 Å². The third-order valence-electron chi connectivity index (χ3n) is 3.71.